The topological polar surface area (TPSA) is 126 Å². The predicted molar refractivity (Wildman–Crippen MR) is 86.0 cm³/mol. The Bertz CT molecular complexity index is 857. The molecule has 0 aliphatic rings. The second-order valence-electron chi connectivity index (χ2n) is 4.77. The van der Waals surface area contributed by atoms with Gasteiger partial charge in [-0.15, -0.1) is 0 Å². The van der Waals surface area contributed by atoms with Crippen molar-refractivity contribution < 1.29 is 14.6 Å². The third kappa shape index (κ3) is 3.00. The van der Waals surface area contributed by atoms with Crippen molar-refractivity contribution in [3.05, 3.63) is 30.3 Å². The minimum Gasteiger partial charge on any atom is -0.508 e. The number of aromatic nitrogens is 3. The standard InChI is InChI=1S/C15H15N5O3/c1-2-23-15(22)19-11-7-10-12(13(16)18-11)20-14(17-10)8-3-5-9(21)6-4-8/h3-7,21H,2H2,1H3,(H,17,20)(H3,16,18,19,22). The van der Waals surface area contributed by atoms with E-state index >= 15 is 0 Å². The molecule has 118 valence electrons. The molecule has 8 nitrogen and oxygen atoms in total. The van der Waals surface area contributed by atoms with Gasteiger partial charge in [0, 0.05) is 11.6 Å². The lowest BCUT2D eigenvalue weighted by atomic mass is 10.2. The lowest BCUT2D eigenvalue weighted by molar-refractivity contribution is 0.168. The molecule has 0 atom stereocenters. The SMILES string of the molecule is CCOC(=O)Nc1cc2[nH]c(-c3ccc(O)cc3)nc2c(N)n1. The Balaban J connectivity index is 1.97. The number of H-pyrrole nitrogens is 1. The number of nitrogen functional groups attached to an aromatic ring is 1. The average molecular weight is 313 g/mol. The molecule has 8 heteroatoms. The molecule has 3 rings (SSSR count). The first kappa shape index (κ1) is 14.6. The first-order valence-electron chi connectivity index (χ1n) is 6.96. The molecule has 1 aromatic carbocycles. The lowest BCUT2D eigenvalue weighted by Crippen LogP contribution is -2.14. The summed E-state index contributed by atoms with van der Waals surface area (Å²) in [6.45, 7) is 1.97. The number of phenols is 1. The minimum absolute atomic E-state index is 0.173. The minimum atomic E-state index is -0.600. The first-order valence-corrected chi connectivity index (χ1v) is 6.96. The number of aromatic amines is 1. The van der Waals surface area contributed by atoms with Crippen molar-refractivity contribution in [2.24, 2.45) is 0 Å². The molecule has 5 N–H and O–H groups in total. The predicted octanol–water partition coefficient (Wildman–Crippen LogP) is 2.48. The van der Waals surface area contributed by atoms with E-state index in [1.54, 1.807) is 37.3 Å². The van der Waals surface area contributed by atoms with Gasteiger partial charge in [0.05, 0.1) is 12.1 Å². The fourth-order valence-corrected chi connectivity index (χ4v) is 2.13. The number of aromatic hydroxyl groups is 1. The fourth-order valence-electron chi connectivity index (χ4n) is 2.13. The number of carbonyl (C=O) groups excluding carboxylic acids is 1. The largest absolute Gasteiger partial charge is 0.508 e. The van der Waals surface area contributed by atoms with Gasteiger partial charge in [-0.2, -0.15) is 0 Å². The second-order valence-corrected chi connectivity index (χ2v) is 4.77. The monoisotopic (exact) mass is 313 g/mol. The number of phenolic OH excluding ortho intramolecular Hbond substituents is 1. The number of pyridine rings is 1. The van der Waals surface area contributed by atoms with Gasteiger partial charge in [0.2, 0.25) is 0 Å². The molecule has 0 saturated carbocycles. The van der Waals surface area contributed by atoms with Crippen LogP contribution in [0.15, 0.2) is 30.3 Å². The average Bonchev–Trinajstić information content (AvgIpc) is 2.92. The summed E-state index contributed by atoms with van der Waals surface area (Å²) in [6, 6.07) is 8.22. The van der Waals surface area contributed by atoms with Crippen LogP contribution in [-0.4, -0.2) is 32.8 Å². The van der Waals surface area contributed by atoms with E-state index in [0.29, 0.717) is 16.9 Å². The first-order chi connectivity index (χ1) is 11.1. The molecule has 0 spiro atoms. The van der Waals surface area contributed by atoms with Gasteiger partial charge in [-0.1, -0.05) is 0 Å². The van der Waals surface area contributed by atoms with Gasteiger partial charge >= 0.3 is 6.09 Å². The van der Waals surface area contributed by atoms with Gasteiger partial charge in [-0.05, 0) is 31.2 Å². The number of hydrogen-bond acceptors (Lipinski definition) is 6. The number of imidazole rings is 1. The number of rotatable bonds is 3. The highest BCUT2D eigenvalue weighted by Gasteiger charge is 2.12. The molecule has 3 aromatic rings. The van der Waals surface area contributed by atoms with Gasteiger partial charge in [-0.3, -0.25) is 5.32 Å². The lowest BCUT2D eigenvalue weighted by Gasteiger charge is -2.05. The van der Waals surface area contributed by atoms with Crippen LogP contribution in [0.3, 0.4) is 0 Å². The van der Waals surface area contributed by atoms with Crippen LogP contribution in [0.2, 0.25) is 0 Å². The van der Waals surface area contributed by atoms with Crippen LogP contribution in [0.4, 0.5) is 16.4 Å². The van der Waals surface area contributed by atoms with E-state index in [2.05, 4.69) is 20.3 Å². The number of nitrogens with two attached hydrogens (primary N) is 1. The fraction of sp³-hybridized carbons (Fsp3) is 0.133. The molecule has 0 fully saturated rings. The summed E-state index contributed by atoms with van der Waals surface area (Å²) in [6.07, 6.45) is -0.600. The summed E-state index contributed by atoms with van der Waals surface area (Å²) in [4.78, 5) is 23.1. The van der Waals surface area contributed by atoms with Crippen molar-refractivity contribution in [2.45, 2.75) is 6.92 Å². The third-order valence-corrected chi connectivity index (χ3v) is 3.14. The zero-order chi connectivity index (χ0) is 16.4. The number of ether oxygens (including phenoxy) is 1. The van der Waals surface area contributed by atoms with E-state index < -0.39 is 6.09 Å². The van der Waals surface area contributed by atoms with Crippen molar-refractivity contribution in [1.29, 1.82) is 0 Å². The highest BCUT2D eigenvalue weighted by molar-refractivity contribution is 5.92. The summed E-state index contributed by atoms with van der Waals surface area (Å²) < 4.78 is 4.80. The molecular formula is C15H15N5O3. The molecule has 0 radical (unpaired) electrons. The normalized spacial score (nSPS) is 10.7. The highest BCUT2D eigenvalue weighted by atomic mass is 16.5. The number of hydrogen-bond donors (Lipinski definition) is 4. The van der Waals surface area contributed by atoms with Crippen LogP contribution < -0.4 is 11.1 Å². The number of fused-ring (bicyclic) bond motifs is 1. The number of nitrogens with zero attached hydrogens (tertiary/aromatic N) is 2. The summed E-state index contributed by atoms with van der Waals surface area (Å²) >= 11 is 0. The summed E-state index contributed by atoms with van der Waals surface area (Å²) in [5, 5.41) is 11.8. The van der Waals surface area contributed by atoms with E-state index in [1.165, 1.54) is 0 Å². The van der Waals surface area contributed by atoms with Crippen LogP contribution in [0.1, 0.15) is 6.92 Å². The number of anilines is 2. The maximum absolute atomic E-state index is 11.5. The maximum Gasteiger partial charge on any atom is 0.412 e. The van der Waals surface area contributed by atoms with Crippen molar-refractivity contribution in [1.82, 2.24) is 15.0 Å². The van der Waals surface area contributed by atoms with Gasteiger partial charge in [0.1, 0.15) is 22.9 Å². The Labute approximate surface area is 131 Å². The molecule has 0 unspecified atom stereocenters. The molecule has 0 aliphatic carbocycles. The number of carbonyl (C=O) groups is 1. The Morgan fingerprint density at radius 2 is 2.09 bits per heavy atom. The van der Waals surface area contributed by atoms with E-state index in [4.69, 9.17) is 10.5 Å². The Hall–Kier alpha value is -3.29. The van der Waals surface area contributed by atoms with E-state index in [0.717, 1.165) is 5.56 Å². The Kier molecular flexibility index (Phi) is 3.71. The van der Waals surface area contributed by atoms with Crippen molar-refractivity contribution in [2.75, 3.05) is 17.7 Å². The smallest absolute Gasteiger partial charge is 0.412 e. The van der Waals surface area contributed by atoms with Gasteiger partial charge < -0.3 is 20.6 Å². The third-order valence-electron chi connectivity index (χ3n) is 3.14. The van der Waals surface area contributed by atoms with E-state index in [9.17, 15) is 9.90 Å². The number of nitrogens with one attached hydrogen (secondary N) is 2. The second kappa shape index (κ2) is 5.84. The van der Waals surface area contributed by atoms with Crippen LogP contribution in [0.5, 0.6) is 5.75 Å². The molecule has 0 saturated heterocycles. The quantitative estimate of drug-likeness (QED) is 0.588. The molecule has 2 heterocycles. The van der Waals surface area contributed by atoms with Crippen LogP contribution in [-0.2, 0) is 4.74 Å². The van der Waals surface area contributed by atoms with Crippen molar-refractivity contribution >= 4 is 28.8 Å². The van der Waals surface area contributed by atoms with Gasteiger partial charge in [0.15, 0.2) is 5.82 Å². The van der Waals surface area contributed by atoms with Gasteiger partial charge in [0.25, 0.3) is 0 Å². The molecule has 1 amide bonds. The molecule has 0 aliphatic heterocycles. The van der Waals surface area contributed by atoms with Crippen molar-refractivity contribution in [3.63, 3.8) is 0 Å². The molecule has 23 heavy (non-hydrogen) atoms. The van der Waals surface area contributed by atoms with E-state index in [1.807, 2.05) is 0 Å². The zero-order valence-corrected chi connectivity index (χ0v) is 12.3. The summed E-state index contributed by atoms with van der Waals surface area (Å²) in [5.41, 5.74) is 7.82. The molecular weight excluding hydrogens is 298 g/mol. The maximum atomic E-state index is 11.5. The Morgan fingerprint density at radius 3 is 2.78 bits per heavy atom. The number of amides is 1. The van der Waals surface area contributed by atoms with Crippen LogP contribution in [0, 0.1) is 0 Å². The van der Waals surface area contributed by atoms with Crippen LogP contribution >= 0.6 is 0 Å². The Morgan fingerprint density at radius 1 is 1.35 bits per heavy atom. The van der Waals surface area contributed by atoms with Crippen molar-refractivity contribution in [3.8, 4) is 17.1 Å². The summed E-state index contributed by atoms with van der Waals surface area (Å²) in [5.74, 6) is 1.22. The highest BCUT2D eigenvalue weighted by Crippen LogP contribution is 2.26. The molecule has 2 aromatic heterocycles. The van der Waals surface area contributed by atoms with E-state index in [-0.39, 0.29) is 24.0 Å². The zero-order valence-electron chi connectivity index (χ0n) is 12.3. The number of benzene rings is 1. The van der Waals surface area contributed by atoms with Crippen LogP contribution in [0.25, 0.3) is 22.4 Å². The molecule has 0 bridgehead atoms. The summed E-state index contributed by atoms with van der Waals surface area (Å²) in [7, 11) is 0. The van der Waals surface area contributed by atoms with Gasteiger partial charge in [-0.25, -0.2) is 14.8 Å².